The molecule has 1 aromatic rings. The van der Waals surface area contributed by atoms with Gasteiger partial charge in [0.05, 0.1) is 13.2 Å². The molecule has 1 aromatic heterocycles. The van der Waals surface area contributed by atoms with Gasteiger partial charge in [0, 0.05) is 10.2 Å². The Labute approximate surface area is 105 Å². The highest BCUT2D eigenvalue weighted by molar-refractivity contribution is 9.09. The molecule has 1 heterocycles. The highest BCUT2D eigenvalue weighted by atomic mass is 79.9. The lowest BCUT2D eigenvalue weighted by Gasteiger charge is -2.28. The van der Waals surface area contributed by atoms with Crippen LogP contribution in [0.15, 0.2) is 17.5 Å². The summed E-state index contributed by atoms with van der Waals surface area (Å²) in [6.07, 6.45) is 0. The summed E-state index contributed by atoms with van der Waals surface area (Å²) < 4.78 is 5.74. The lowest BCUT2D eigenvalue weighted by Crippen LogP contribution is -2.26. The van der Waals surface area contributed by atoms with E-state index in [1.54, 1.807) is 11.3 Å². The summed E-state index contributed by atoms with van der Waals surface area (Å²) in [5, 5.41) is 3.09. The Morgan fingerprint density at radius 2 is 2.20 bits per heavy atom. The van der Waals surface area contributed by atoms with Crippen molar-refractivity contribution in [2.24, 2.45) is 11.3 Å². The quantitative estimate of drug-likeness (QED) is 0.734. The molecule has 0 N–H and O–H groups in total. The molecule has 0 fully saturated rings. The summed E-state index contributed by atoms with van der Waals surface area (Å²) in [4.78, 5) is 1.30. The van der Waals surface area contributed by atoms with Gasteiger partial charge >= 0.3 is 0 Å². The average molecular weight is 291 g/mol. The molecule has 1 nitrogen and oxygen atoms in total. The highest BCUT2D eigenvalue weighted by Gasteiger charge is 2.23. The Hall–Kier alpha value is 0.140. The van der Waals surface area contributed by atoms with Crippen molar-refractivity contribution in [3.05, 3.63) is 22.4 Å². The van der Waals surface area contributed by atoms with Gasteiger partial charge in [0.2, 0.25) is 0 Å². The first-order valence-corrected chi connectivity index (χ1v) is 7.20. The Bertz CT molecular complexity index is 264. The molecule has 1 unspecified atom stereocenters. The Kier molecular flexibility index (Phi) is 5.30. The van der Waals surface area contributed by atoms with E-state index in [1.807, 2.05) is 0 Å². The first-order chi connectivity index (χ1) is 7.04. The van der Waals surface area contributed by atoms with Gasteiger partial charge in [0.1, 0.15) is 0 Å². The van der Waals surface area contributed by atoms with E-state index in [9.17, 15) is 0 Å². The second-order valence-electron chi connectivity index (χ2n) is 4.81. The van der Waals surface area contributed by atoms with E-state index >= 15 is 0 Å². The van der Waals surface area contributed by atoms with Gasteiger partial charge in [0.25, 0.3) is 0 Å². The summed E-state index contributed by atoms with van der Waals surface area (Å²) in [6, 6.07) is 4.18. The third-order valence-electron chi connectivity index (χ3n) is 2.55. The molecule has 0 aliphatic rings. The molecule has 1 atom stereocenters. The molecule has 0 saturated carbocycles. The number of thiophene rings is 1. The van der Waals surface area contributed by atoms with E-state index in [0.717, 1.165) is 18.5 Å². The summed E-state index contributed by atoms with van der Waals surface area (Å²) in [6.45, 7) is 8.35. The minimum absolute atomic E-state index is 0.305. The summed E-state index contributed by atoms with van der Waals surface area (Å²) in [5.41, 5.74) is 0.305. The van der Waals surface area contributed by atoms with Crippen molar-refractivity contribution in [2.45, 2.75) is 27.4 Å². The lowest BCUT2D eigenvalue weighted by molar-refractivity contribution is 0.0578. The van der Waals surface area contributed by atoms with Crippen LogP contribution < -0.4 is 0 Å². The van der Waals surface area contributed by atoms with Crippen molar-refractivity contribution in [2.75, 3.05) is 11.9 Å². The fourth-order valence-electron chi connectivity index (χ4n) is 1.22. The molecule has 0 amide bonds. The van der Waals surface area contributed by atoms with Crippen LogP contribution in [0.1, 0.15) is 25.6 Å². The van der Waals surface area contributed by atoms with Gasteiger partial charge in [-0.15, -0.1) is 11.3 Å². The molecule has 86 valence electrons. The Morgan fingerprint density at radius 1 is 1.47 bits per heavy atom. The van der Waals surface area contributed by atoms with Crippen LogP contribution in [0.2, 0.25) is 0 Å². The maximum absolute atomic E-state index is 5.74. The van der Waals surface area contributed by atoms with E-state index in [2.05, 4.69) is 54.2 Å². The SMILES string of the molecule is CC(C)(C)C(CBr)COCc1cccs1. The van der Waals surface area contributed by atoms with Gasteiger partial charge < -0.3 is 4.74 Å². The monoisotopic (exact) mass is 290 g/mol. The van der Waals surface area contributed by atoms with Gasteiger partial charge in [0.15, 0.2) is 0 Å². The van der Waals surface area contributed by atoms with Crippen molar-refractivity contribution in [1.82, 2.24) is 0 Å². The standard InChI is InChI=1S/C12H19BrOS/c1-12(2,3)10(7-13)8-14-9-11-5-4-6-15-11/h4-6,10H,7-9H2,1-3H3. The second kappa shape index (κ2) is 6.02. The Balaban J connectivity index is 2.29. The number of hydrogen-bond acceptors (Lipinski definition) is 2. The van der Waals surface area contributed by atoms with Gasteiger partial charge in [-0.25, -0.2) is 0 Å². The average Bonchev–Trinajstić information content (AvgIpc) is 2.62. The van der Waals surface area contributed by atoms with Gasteiger partial charge in [-0.2, -0.15) is 0 Å². The highest BCUT2D eigenvalue weighted by Crippen LogP contribution is 2.28. The molecule has 0 aromatic carbocycles. The van der Waals surface area contributed by atoms with Gasteiger partial charge in [-0.1, -0.05) is 42.8 Å². The summed E-state index contributed by atoms with van der Waals surface area (Å²) >= 11 is 5.31. The fourth-order valence-corrected chi connectivity index (χ4v) is 3.02. The van der Waals surface area contributed by atoms with Crippen LogP contribution in [0.25, 0.3) is 0 Å². The topological polar surface area (TPSA) is 9.23 Å². The number of alkyl halides is 1. The molecular formula is C12H19BrOS. The molecule has 0 spiro atoms. The Morgan fingerprint density at radius 3 is 2.67 bits per heavy atom. The van der Waals surface area contributed by atoms with Crippen LogP contribution in [0, 0.1) is 11.3 Å². The molecule has 0 radical (unpaired) electrons. The zero-order valence-electron chi connectivity index (χ0n) is 9.63. The van der Waals surface area contributed by atoms with E-state index < -0.39 is 0 Å². The van der Waals surface area contributed by atoms with E-state index in [4.69, 9.17) is 4.74 Å². The van der Waals surface area contributed by atoms with E-state index in [-0.39, 0.29) is 0 Å². The molecule has 1 rings (SSSR count). The number of halogens is 1. The molecule has 0 bridgehead atoms. The van der Waals surface area contributed by atoms with Crippen LogP contribution >= 0.6 is 27.3 Å². The zero-order valence-corrected chi connectivity index (χ0v) is 12.0. The molecular weight excluding hydrogens is 272 g/mol. The third-order valence-corrected chi connectivity index (χ3v) is 4.19. The van der Waals surface area contributed by atoms with Crippen LogP contribution in [0.5, 0.6) is 0 Å². The maximum atomic E-state index is 5.74. The number of hydrogen-bond donors (Lipinski definition) is 0. The van der Waals surface area contributed by atoms with Crippen LogP contribution in [0.4, 0.5) is 0 Å². The smallest absolute Gasteiger partial charge is 0.0809 e. The van der Waals surface area contributed by atoms with Crippen LogP contribution in [0.3, 0.4) is 0 Å². The minimum atomic E-state index is 0.305. The first-order valence-electron chi connectivity index (χ1n) is 5.20. The normalized spacial score (nSPS) is 14.1. The zero-order chi connectivity index (χ0) is 11.3. The first kappa shape index (κ1) is 13.2. The predicted octanol–water partition coefficient (Wildman–Crippen LogP) is 4.32. The third kappa shape index (κ3) is 4.66. The number of ether oxygens (including phenoxy) is 1. The summed E-state index contributed by atoms with van der Waals surface area (Å²) in [5.74, 6) is 0.567. The van der Waals surface area contributed by atoms with Gasteiger partial charge in [-0.05, 0) is 22.8 Å². The van der Waals surface area contributed by atoms with Crippen molar-refractivity contribution in [3.63, 3.8) is 0 Å². The van der Waals surface area contributed by atoms with Crippen molar-refractivity contribution >= 4 is 27.3 Å². The van der Waals surface area contributed by atoms with Crippen LogP contribution in [-0.4, -0.2) is 11.9 Å². The molecule has 15 heavy (non-hydrogen) atoms. The maximum Gasteiger partial charge on any atom is 0.0809 e. The molecule has 0 aliphatic heterocycles. The summed E-state index contributed by atoms with van der Waals surface area (Å²) in [7, 11) is 0. The van der Waals surface area contributed by atoms with E-state index in [1.165, 1.54) is 4.88 Å². The fraction of sp³-hybridized carbons (Fsp3) is 0.667. The van der Waals surface area contributed by atoms with E-state index in [0.29, 0.717) is 11.3 Å². The molecule has 0 aliphatic carbocycles. The van der Waals surface area contributed by atoms with Gasteiger partial charge in [-0.3, -0.25) is 0 Å². The van der Waals surface area contributed by atoms with Crippen LogP contribution in [-0.2, 0) is 11.3 Å². The molecule has 0 saturated heterocycles. The predicted molar refractivity (Wildman–Crippen MR) is 70.7 cm³/mol. The number of rotatable bonds is 5. The van der Waals surface area contributed by atoms with Crippen molar-refractivity contribution in [3.8, 4) is 0 Å². The lowest BCUT2D eigenvalue weighted by atomic mass is 9.83. The molecule has 3 heteroatoms. The van der Waals surface area contributed by atoms with Crippen molar-refractivity contribution < 1.29 is 4.74 Å². The largest absolute Gasteiger partial charge is 0.376 e. The second-order valence-corrected chi connectivity index (χ2v) is 6.49. The minimum Gasteiger partial charge on any atom is -0.376 e. The van der Waals surface area contributed by atoms with Crippen molar-refractivity contribution in [1.29, 1.82) is 0 Å².